The minimum absolute atomic E-state index is 0.662. The number of amides is 2. The molecule has 0 fully saturated rings. The van der Waals surface area contributed by atoms with Crippen molar-refractivity contribution in [1.29, 1.82) is 0 Å². The van der Waals surface area contributed by atoms with E-state index in [-0.39, 0.29) is 0 Å². The van der Waals surface area contributed by atoms with Gasteiger partial charge in [0.2, 0.25) is 5.91 Å². The SMILES string of the molecule is C[C@@H](O)[C@H](NC(=O)OC(C)(C)C)C(N)=O. The molecule has 6 nitrogen and oxygen atoms in total. The largest absolute Gasteiger partial charge is 0.444 e. The summed E-state index contributed by atoms with van der Waals surface area (Å²) in [4.78, 5) is 22.1. The van der Waals surface area contributed by atoms with Gasteiger partial charge >= 0.3 is 6.09 Å². The molecular weight excluding hydrogens is 200 g/mol. The normalized spacial score (nSPS) is 15.3. The summed E-state index contributed by atoms with van der Waals surface area (Å²) >= 11 is 0. The fourth-order valence-electron chi connectivity index (χ4n) is 0.864. The molecule has 2 atom stereocenters. The number of nitrogens with one attached hydrogen (secondary N) is 1. The number of nitrogens with two attached hydrogens (primary N) is 1. The number of aliphatic hydroxyl groups excluding tert-OH is 1. The standard InChI is InChI=1S/C9H18N2O4/c1-5(12)6(7(10)13)11-8(14)15-9(2,3)4/h5-6,12H,1-4H3,(H2,10,13)(H,11,14)/t5-,6+/m1/s1. The van der Waals surface area contributed by atoms with E-state index in [0.717, 1.165) is 0 Å². The third-order valence-corrected chi connectivity index (χ3v) is 1.46. The van der Waals surface area contributed by atoms with Gasteiger partial charge in [-0.15, -0.1) is 0 Å². The Labute approximate surface area is 88.8 Å². The number of primary amides is 1. The van der Waals surface area contributed by atoms with Gasteiger partial charge in [-0.3, -0.25) is 4.79 Å². The van der Waals surface area contributed by atoms with Crippen molar-refractivity contribution in [2.75, 3.05) is 0 Å². The van der Waals surface area contributed by atoms with Gasteiger partial charge in [-0.05, 0) is 27.7 Å². The summed E-state index contributed by atoms with van der Waals surface area (Å²) in [6.07, 6.45) is -1.85. The highest BCUT2D eigenvalue weighted by Gasteiger charge is 2.25. The van der Waals surface area contributed by atoms with Crippen LogP contribution in [-0.4, -0.2) is 34.9 Å². The molecule has 15 heavy (non-hydrogen) atoms. The van der Waals surface area contributed by atoms with Crippen LogP contribution in [-0.2, 0) is 9.53 Å². The second-order valence-corrected chi connectivity index (χ2v) is 4.27. The Bertz CT molecular complexity index is 245. The Morgan fingerprint density at radius 1 is 1.40 bits per heavy atom. The van der Waals surface area contributed by atoms with E-state index >= 15 is 0 Å². The first-order chi connectivity index (χ1) is 6.63. The number of ether oxygens (including phenoxy) is 1. The maximum absolute atomic E-state index is 11.2. The zero-order valence-corrected chi connectivity index (χ0v) is 9.40. The molecule has 0 unspecified atom stereocenters. The first-order valence-corrected chi connectivity index (χ1v) is 4.60. The quantitative estimate of drug-likeness (QED) is 0.607. The molecule has 0 aromatic heterocycles. The number of aliphatic hydroxyl groups is 1. The molecule has 0 aliphatic carbocycles. The van der Waals surface area contributed by atoms with Crippen LogP contribution in [0.4, 0.5) is 4.79 Å². The molecule has 0 bridgehead atoms. The molecule has 0 aromatic rings. The molecule has 0 spiro atoms. The summed E-state index contributed by atoms with van der Waals surface area (Å²) in [5.74, 6) is -0.809. The number of rotatable bonds is 3. The average molecular weight is 218 g/mol. The molecule has 4 N–H and O–H groups in total. The van der Waals surface area contributed by atoms with E-state index in [1.807, 2.05) is 0 Å². The highest BCUT2D eigenvalue weighted by molar-refractivity contribution is 5.84. The summed E-state index contributed by atoms with van der Waals surface area (Å²) in [6.45, 7) is 6.42. The average Bonchev–Trinajstić information content (AvgIpc) is 1.95. The Morgan fingerprint density at radius 3 is 2.13 bits per heavy atom. The number of alkyl carbamates (subject to hydrolysis) is 1. The van der Waals surface area contributed by atoms with Crippen molar-refractivity contribution >= 4 is 12.0 Å². The van der Waals surface area contributed by atoms with Gasteiger partial charge in [0.25, 0.3) is 0 Å². The highest BCUT2D eigenvalue weighted by atomic mass is 16.6. The van der Waals surface area contributed by atoms with Crippen molar-refractivity contribution in [2.24, 2.45) is 5.73 Å². The van der Waals surface area contributed by atoms with Gasteiger partial charge in [0.15, 0.2) is 0 Å². The van der Waals surface area contributed by atoms with Crippen molar-refractivity contribution in [3.63, 3.8) is 0 Å². The molecule has 0 saturated carbocycles. The highest BCUT2D eigenvalue weighted by Crippen LogP contribution is 2.07. The third kappa shape index (κ3) is 5.90. The number of carbonyl (C=O) groups excluding carboxylic acids is 2. The zero-order valence-electron chi connectivity index (χ0n) is 9.40. The predicted octanol–water partition coefficient (Wildman–Crippen LogP) is -0.254. The second-order valence-electron chi connectivity index (χ2n) is 4.27. The van der Waals surface area contributed by atoms with Gasteiger partial charge in [-0.1, -0.05) is 0 Å². The summed E-state index contributed by atoms with van der Waals surface area (Å²) in [5, 5.41) is 11.3. The second kappa shape index (κ2) is 4.97. The topological polar surface area (TPSA) is 102 Å². The lowest BCUT2D eigenvalue weighted by molar-refractivity contribution is -0.122. The fraction of sp³-hybridized carbons (Fsp3) is 0.778. The summed E-state index contributed by atoms with van der Waals surface area (Å²) < 4.78 is 4.90. The fourth-order valence-corrected chi connectivity index (χ4v) is 0.864. The van der Waals surface area contributed by atoms with Crippen LogP contribution in [0.25, 0.3) is 0 Å². The Balaban J connectivity index is 4.31. The monoisotopic (exact) mass is 218 g/mol. The molecule has 2 amide bonds. The van der Waals surface area contributed by atoms with E-state index in [4.69, 9.17) is 15.6 Å². The third-order valence-electron chi connectivity index (χ3n) is 1.46. The maximum atomic E-state index is 11.2. The molecule has 6 heteroatoms. The van der Waals surface area contributed by atoms with E-state index < -0.39 is 29.7 Å². The number of hydrogen-bond donors (Lipinski definition) is 3. The molecular formula is C9H18N2O4. The van der Waals surface area contributed by atoms with Crippen molar-refractivity contribution in [3.05, 3.63) is 0 Å². The van der Waals surface area contributed by atoms with E-state index in [0.29, 0.717) is 0 Å². The molecule has 0 saturated heterocycles. The van der Waals surface area contributed by atoms with Crippen LogP contribution >= 0.6 is 0 Å². The van der Waals surface area contributed by atoms with Crippen molar-refractivity contribution in [2.45, 2.75) is 45.4 Å². The summed E-state index contributed by atoms with van der Waals surface area (Å²) in [7, 11) is 0. The molecule has 0 aliphatic heterocycles. The lowest BCUT2D eigenvalue weighted by Gasteiger charge is -2.23. The van der Waals surface area contributed by atoms with E-state index in [1.165, 1.54) is 6.92 Å². The zero-order chi connectivity index (χ0) is 12.2. The van der Waals surface area contributed by atoms with E-state index in [2.05, 4.69) is 5.32 Å². The molecule has 0 heterocycles. The minimum Gasteiger partial charge on any atom is -0.444 e. The molecule has 0 radical (unpaired) electrons. The lowest BCUT2D eigenvalue weighted by Crippen LogP contribution is -2.51. The van der Waals surface area contributed by atoms with Crippen LogP contribution in [0.3, 0.4) is 0 Å². The van der Waals surface area contributed by atoms with Gasteiger partial charge in [-0.25, -0.2) is 4.79 Å². The Morgan fingerprint density at radius 2 is 1.87 bits per heavy atom. The first kappa shape index (κ1) is 13.7. The van der Waals surface area contributed by atoms with Gasteiger partial charge in [0.05, 0.1) is 6.10 Å². The predicted molar refractivity (Wildman–Crippen MR) is 54.0 cm³/mol. The molecule has 88 valence electrons. The molecule has 0 aliphatic rings. The van der Waals surface area contributed by atoms with Crippen LogP contribution in [0.5, 0.6) is 0 Å². The first-order valence-electron chi connectivity index (χ1n) is 4.60. The molecule has 0 rings (SSSR count). The summed E-state index contributed by atoms with van der Waals surface area (Å²) in [5.41, 5.74) is 4.32. The van der Waals surface area contributed by atoms with Crippen LogP contribution in [0.2, 0.25) is 0 Å². The van der Waals surface area contributed by atoms with Crippen molar-refractivity contribution in [1.82, 2.24) is 5.32 Å². The van der Waals surface area contributed by atoms with Crippen molar-refractivity contribution in [3.8, 4) is 0 Å². The van der Waals surface area contributed by atoms with Gasteiger partial charge < -0.3 is 20.9 Å². The smallest absolute Gasteiger partial charge is 0.408 e. The number of hydrogen-bond acceptors (Lipinski definition) is 4. The Kier molecular flexibility index (Phi) is 4.54. The van der Waals surface area contributed by atoms with E-state index in [1.54, 1.807) is 20.8 Å². The van der Waals surface area contributed by atoms with E-state index in [9.17, 15) is 9.59 Å². The molecule has 0 aromatic carbocycles. The maximum Gasteiger partial charge on any atom is 0.408 e. The van der Waals surface area contributed by atoms with Gasteiger partial charge in [-0.2, -0.15) is 0 Å². The van der Waals surface area contributed by atoms with Gasteiger partial charge in [0, 0.05) is 0 Å². The Hall–Kier alpha value is -1.30. The lowest BCUT2D eigenvalue weighted by atomic mass is 10.2. The van der Waals surface area contributed by atoms with Gasteiger partial charge in [0.1, 0.15) is 11.6 Å². The van der Waals surface area contributed by atoms with Crippen LogP contribution in [0.15, 0.2) is 0 Å². The van der Waals surface area contributed by atoms with Crippen LogP contribution < -0.4 is 11.1 Å². The van der Waals surface area contributed by atoms with Crippen molar-refractivity contribution < 1.29 is 19.4 Å². The minimum atomic E-state index is -1.14. The number of carbonyl (C=O) groups is 2. The van der Waals surface area contributed by atoms with Crippen LogP contribution in [0.1, 0.15) is 27.7 Å². The van der Waals surface area contributed by atoms with Crippen LogP contribution in [0, 0.1) is 0 Å². The summed E-state index contributed by atoms with van der Waals surface area (Å²) in [6, 6.07) is -1.14.